The van der Waals surface area contributed by atoms with Crippen LogP contribution >= 0.6 is 11.6 Å². The lowest BCUT2D eigenvalue weighted by molar-refractivity contribution is -0.143. The van der Waals surface area contributed by atoms with Crippen LogP contribution in [0.15, 0.2) is 48.7 Å². The van der Waals surface area contributed by atoms with Gasteiger partial charge in [-0.2, -0.15) is 31.4 Å². The van der Waals surface area contributed by atoms with Crippen LogP contribution in [-0.2, 0) is 12.4 Å². The molecule has 1 N–H and O–H groups in total. The van der Waals surface area contributed by atoms with Crippen molar-refractivity contribution in [3.63, 3.8) is 0 Å². The fraction of sp³-hybridized carbons (Fsp3) is 0.100. The second-order valence-corrected chi connectivity index (χ2v) is 7.21. The summed E-state index contributed by atoms with van der Waals surface area (Å²) in [5.74, 6) is 0.276. The first-order valence-corrected chi connectivity index (χ1v) is 9.46. The molecule has 2 aromatic heterocycles. The minimum atomic E-state index is -4.99. The zero-order valence-electron chi connectivity index (χ0n) is 16.2. The SMILES string of the molecule is FC(F)(F)c1cc(-n2cc(/C=C/c3nnn[nH]3)c(-c3cccc(Cl)c3)n2)cc(C(F)(F)F)c1. The maximum atomic E-state index is 13.3. The van der Waals surface area contributed by atoms with E-state index in [1.54, 1.807) is 24.3 Å². The normalized spacial score (nSPS) is 12.6. The summed E-state index contributed by atoms with van der Waals surface area (Å²) in [5, 5.41) is 17.7. The zero-order valence-corrected chi connectivity index (χ0v) is 16.9. The lowest BCUT2D eigenvalue weighted by atomic mass is 10.1. The number of rotatable bonds is 4. The molecule has 0 aliphatic rings. The Bertz CT molecular complexity index is 1280. The van der Waals surface area contributed by atoms with Crippen LogP contribution in [0.4, 0.5) is 26.3 Å². The number of hydrogen-bond acceptors (Lipinski definition) is 4. The third-order valence-electron chi connectivity index (χ3n) is 4.46. The number of H-pyrrole nitrogens is 1. The van der Waals surface area contributed by atoms with Gasteiger partial charge in [0, 0.05) is 22.3 Å². The Kier molecular flexibility index (Phi) is 5.70. The van der Waals surface area contributed by atoms with Crippen LogP contribution in [0, 0.1) is 0 Å². The summed E-state index contributed by atoms with van der Waals surface area (Å²) in [6, 6.07) is 7.71. The summed E-state index contributed by atoms with van der Waals surface area (Å²) in [4.78, 5) is 0. The molecular weight excluding hydrogens is 474 g/mol. The molecule has 0 amide bonds. The predicted molar refractivity (Wildman–Crippen MR) is 107 cm³/mol. The van der Waals surface area contributed by atoms with Gasteiger partial charge in [-0.15, -0.1) is 5.10 Å². The molecule has 0 bridgehead atoms. The van der Waals surface area contributed by atoms with E-state index in [9.17, 15) is 26.3 Å². The molecule has 0 spiro atoms. The van der Waals surface area contributed by atoms with Gasteiger partial charge in [-0.3, -0.25) is 0 Å². The first-order chi connectivity index (χ1) is 15.5. The molecule has 2 aromatic carbocycles. The van der Waals surface area contributed by atoms with E-state index in [0.29, 0.717) is 28.3 Å². The molecule has 0 radical (unpaired) electrons. The molecule has 0 saturated carbocycles. The van der Waals surface area contributed by atoms with E-state index in [2.05, 4.69) is 25.7 Å². The third kappa shape index (κ3) is 5.06. The van der Waals surface area contributed by atoms with E-state index in [1.165, 1.54) is 18.3 Å². The van der Waals surface area contributed by atoms with Crippen molar-refractivity contribution in [2.45, 2.75) is 12.4 Å². The van der Waals surface area contributed by atoms with Crippen molar-refractivity contribution in [1.82, 2.24) is 30.4 Å². The Balaban J connectivity index is 1.89. The summed E-state index contributed by atoms with van der Waals surface area (Å²) in [7, 11) is 0. The molecule has 6 nitrogen and oxygen atoms in total. The first-order valence-electron chi connectivity index (χ1n) is 9.08. The Morgan fingerprint density at radius 2 is 1.61 bits per heavy atom. The fourth-order valence-electron chi connectivity index (χ4n) is 2.98. The van der Waals surface area contributed by atoms with E-state index < -0.39 is 29.2 Å². The highest BCUT2D eigenvalue weighted by molar-refractivity contribution is 6.30. The number of hydrogen-bond donors (Lipinski definition) is 1. The number of nitrogens with zero attached hydrogens (tertiary/aromatic N) is 5. The first kappa shape index (κ1) is 22.5. The van der Waals surface area contributed by atoms with Gasteiger partial charge in [-0.25, -0.2) is 9.78 Å². The van der Waals surface area contributed by atoms with E-state index in [1.807, 2.05) is 0 Å². The van der Waals surface area contributed by atoms with Crippen molar-refractivity contribution in [3.05, 3.63) is 76.2 Å². The second-order valence-electron chi connectivity index (χ2n) is 6.77. The van der Waals surface area contributed by atoms with Gasteiger partial charge in [-0.1, -0.05) is 23.7 Å². The summed E-state index contributed by atoms with van der Waals surface area (Å²) < 4.78 is 80.6. The number of tetrazole rings is 1. The number of halogens is 7. The van der Waals surface area contributed by atoms with Crippen LogP contribution < -0.4 is 0 Å². The van der Waals surface area contributed by atoms with E-state index >= 15 is 0 Å². The van der Waals surface area contributed by atoms with Crippen LogP contribution in [0.2, 0.25) is 5.02 Å². The molecule has 170 valence electrons. The van der Waals surface area contributed by atoms with Crippen molar-refractivity contribution >= 4 is 23.8 Å². The third-order valence-corrected chi connectivity index (χ3v) is 4.70. The van der Waals surface area contributed by atoms with Crippen molar-refractivity contribution < 1.29 is 26.3 Å². The number of nitrogens with one attached hydrogen (secondary N) is 1. The number of aromatic nitrogens is 6. The minimum Gasteiger partial charge on any atom is -0.240 e. The largest absolute Gasteiger partial charge is 0.416 e. The van der Waals surface area contributed by atoms with Crippen LogP contribution in [0.25, 0.3) is 29.1 Å². The molecule has 0 aliphatic carbocycles. The van der Waals surface area contributed by atoms with Gasteiger partial charge < -0.3 is 0 Å². The van der Waals surface area contributed by atoms with Crippen LogP contribution in [0.3, 0.4) is 0 Å². The summed E-state index contributed by atoms with van der Waals surface area (Å²) >= 11 is 6.04. The van der Waals surface area contributed by atoms with E-state index in [-0.39, 0.29) is 17.6 Å². The molecule has 0 unspecified atom stereocenters. The summed E-state index contributed by atoms with van der Waals surface area (Å²) in [6.45, 7) is 0. The topological polar surface area (TPSA) is 72.3 Å². The molecule has 0 atom stereocenters. The Labute approximate surface area is 186 Å². The van der Waals surface area contributed by atoms with Gasteiger partial charge >= 0.3 is 12.4 Å². The van der Waals surface area contributed by atoms with Gasteiger partial charge in [0.05, 0.1) is 22.5 Å². The molecule has 13 heteroatoms. The smallest absolute Gasteiger partial charge is 0.240 e. The van der Waals surface area contributed by atoms with Crippen LogP contribution in [0.1, 0.15) is 22.5 Å². The minimum absolute atomic E-state index is 0.0581. The highest BCUT2D eigenvalue weighted by Gasteiger charge is 2.37. The molecule has 0 fully saturated rings. The predicted octanol–water partition coefficient (Wildman–Crippen LogP) is 5.91. The molecule has 2 heterocycles. The Morgan fingerprint density at radius 3 is 2.18 bits per heavy atom. The molecule has 0 aliphatic heterocycles. The highest BCUT2D eigenvalue weighted by Crippen LogP contribution is 2.37. The van der Waals surface area contributed by atoms with Crippen molar-refractivity contribution in [3.8, 4) is 16.9 Å². The van der Waals surface area contributed by atoms with Crippen molar-refractivity contribution in [2.24, 2.45) is 0 Å². The van der Waals surface area contributed by atoms with Gasteiger partial charge in [0.25, 0.3) is 0 Å². The lowest BCUT2D eigenvalue weighted by Crippen LogP contribution is -2.12. The molecule has 4 rings (SSSR count). The maximum absolute atomic E-state index is 13.3. The van der Waals surface area contributed by atoms with Crippen molar-refractivity contribution in [2.75, 3.05) is 0 Å². The average molecular weight is 485 g/mol. The summed E-state index contributed by atoms with van der Waals surface area (Å²) in [6.07, 6.45) is -5.68. The van der Waals surface area contributed by atoms with E-state index in [0.717, 1.165) is 4.68 Å². The fourth-order valence-corrected chi connectivity index (χ4v) is 3.17. The van der Waals surface area contributed by atoms with E-state index in [4.69, 9.17) is 11.6 Å². The standard InChI is InChI=1S/C20H11ClF6N6/c21-15-3-1-2-11(6-15)18-12(4-5-17-28-31-32-29-17)10-33(30-18)16-8-13(19(22,23)24)7-14(9-16)20(25,26)27/h1-10H,(H,28,29,31,32)/b5-4+. The quantitative estimate of drug-likeness (QED) is 0.365. The molecule has 4 aromatic rings. The molecular formula is C20H11ClF6N6. The van der Waals surface area contributed by atoms with Crippen molar-refractivity contribution in [1.29, 1.82) is 0 Å². The highest BCUT2D eigenvalue weighted by atomic mass is 35.5. The van der Waals surface area contributed by atoms with Gasteiger partial charge in [0.1, 0.15) is 0 Å². The van der Waals surface area contributed by atoms with Gasteiger partial charge in [0.15, 0.2) is 5.82 Å². The van der Waals surface area contributed by atoms with Gasteiger partial charge in [0.2, 0.25) is 0 Å². The second kappa shape index (κ2) is 8.35. The van der Waals surface area contributed by atoms with Crippen LogP contribution in [-0.4, -0.2) is 30.4 Å². The average Bonchev–Trinajstić information content (AvgIpc) is 3.40. The number of aromatic amines is 1. The number of alkyl halides is 6. The Hall–Kier alpha value is -3.67. The molecule has 0 saturated heterocycles. The monoisotopic (exact) mass is 484 g/mol. The van der Waals surface area contributed by atoms with Crippen LogP contribution in [0.5, 0.6) is 0 Å². The lowest BCUT2D eigenvalue weighted by Gasteiger charge is -2.14. The Morgan fingerprint density at radius 1 is 0.909 bits per heavy atom. The summed E-state index contributed by atoms with van der Waals surface area (Å²) in [5.41, 5.74) is -2.17. The molecule has 33 heavy (non-hydrogen) atoms. The number of benzene rings is 2. The zero-order chi connectivity index (χ0) is 23.8. The van der Waals surface area contributed by atoms with Gasteiger partial charge in [-0.05, 0) is 52.9 Å². The maximum Gasteiger partial charge on any atom is 0.416 e.